The lowest BCUT2D eigenvalue weighted by Crippen LogP contribution is -2.14. The lowest BCUT2D eigenvalue weighted by atomic mass is 10.0. The number of aliphatic hydroxyl groups is 1. The van der Waals surface area contributed by atoms with E-state index in [4.69, 9.17) is 5.11 Å². The third kappa shape index (κ3) is 1.39. The SMILES string of the molecule is C[C@@H](O)C1CCSC1. The van der Waals surface area contributed by atoms with Gasteiger partial charge in [-0.2, -0.15) is 11.8 Å². The Hall–Kier alpha value is 0.310. The molecule has 1 saturated heterocycles. The Bertz CT molecular complexity index is 66.9. The summed E-state index contributed by atoms with van der Waals surface area (Å²) in [6.45, 7) is 1.89. The van der Waals surface area contributed by atoms with Crippen LogP contribution in [0.1, 0.15) is 13.3 Å². The van der Waals surface area contributed by atoms with Crippen LogP contribution >= 0.6 is 11.8 Å². The normalized spacial score (nSPS) is 33.0. The molecule has 1 aliphatic heterocycles. The van der Waals surface area contributed by atoms with Crippen LogP contribution in [0.15, 0.2) is 0 Å². The van der Waals surface area contributed by atoms with Crippen LogP contribution in [0.3, 0.4) is 0 Å². The first-order chi connectivity index (χ1) is 3.80. The Morgan fingerprint density at radius 1 is 1.75 bits per heavy atom. The van der Waals surface area contributed by atoms with E-state index < -0.39 is 0 Å². The first kappa shape index (κ1) is 6.43. The Morgan fingerprint density at radius 2 is 2.50 bits per heavy atom. The van der Waals surface area contributed by atoms with Gasteiger partial charge in [-0.15, -0.1) is 0 Å². The zero-order valence-corrected chi connectivity index (χ0v) is 5.95. The standard InChI is InChI=1S/C6H12OS/c1-5(7)6-2-3-8-4-6/h5-7H,2-4H2,1H3/t5-,6?/m1/s1. The van der Waals surface area contributed by atoms with Gasteiger partial charge < -0.3 is 5.11 Å². The molecule has 1 unspecified atom stereocenters. The minimum absolute atomic E-state index is 0.0787. The maximum atomic E-state index is 9.04. The van der Waals surface area contributed by atoms with Gasteiger partial charge in [-0.05, 0) is 30.8 Å². The fourth-order valence-electron chi connectivity index (χ4n) is 0.933. The zero-order chi connectivity index (χ0) is 5.98. The minimum atomic E-state index is -0.0787. The smallest absolute Gasteiger partial charge is 0.0548 e. The van der Waals surface area contributed by atoms with E-state index in [-0.39, 0.29) is 6.10 Å². The molecule has 0 radical (unpaired) electrons. The number of hydrogen-bond acceptors (Lipinski definition) is 2. The van der Waals surface area contributed by atoms with Gasteiger partial charge in [0.25, 0.3) is 0 Å². The molecule has 0 bridgehead atoms. The number of aliphatic hydroxyl groups excluding tert-OH is 1. The number of thioether (sulfide) groups is 1. The second-order valence-corrected chi connectivity index (χ2v) is 3.51. The van der Waals surface area contributed by atoms with Crippen molar-refractivity contribution in [1.82, 2.24) is 0 Å². The molecule has 0 aromatic heterocycles. The molecule has 1 heterocycles. The lowest BCUT2D eigenvalue weighted by molar-refractivity contribution is 0.139. The predicted octanol–water partition coefficient (Wildman–Crippen LogP) is 1.12. The summed E-state index contributed by atoms with van der Waals surface area (Å²) >= 11 is 1.95. The molecule has 1 N–H and O–H groups in total. The van der Waals surface area contributed by atoms with Crippen molar-refractivity contribution in [1.29, 1.82) is 0 Å². The molecule has 1 fully saturated rings. The van der Waals surface area contributed by atoms with Gasteiger partial charge in [0.05, 0.1) is 6.10 Å². The van der Waals surface area contributed by atoms with E-state index in [1.807, 2.05) is 18.7 Å². The molecule has 1 aliphatic rings. The minimum Gasteiger partial charge on any atom is -0.393 e. The van der Waals surface area contributed by atoms with Gasteiger partial charge in [0, 0.05) is 0 Å². The van der Waals surface area contributed by atoms with Crippen LogP contribution in [-0.4, -0.2) is 22.7 Å². The van der Waals surface area contributed by atoms with Gasteiger partial charge >= 0.3 is 0 Å². The number of rotatable bonds is 1. The molecule has 0 aliphatic carbocycles. The van der Waals surface area contributed by atoms with Crippen LogP contribution in [0.4, 0.5) is 0 Å². The van der Waals surface area contributed by atoms with Crippen molar-refractivity contribution in [2.24, 2.45) is 5.92 Å². The average molecular weight is 132 g/mol. The highest BCUT2D eigenvalue weighted by Crippen LogP contribution is 2.25. The van der Waals surface area contributed by atoms with E-state index >= 15 is 0 Å². The van der Waals surface area contributed by atoms with Gasteiger partial charge in [0.15, 0.2) is 0 Å². The molecule has 48 valence electrons. The summed E-state index contributed by atoms with van der Waals surface area (Å²) in [6.07, 6.45) is 1.13. The number of hydrogen-bond donors (Lipinski definition) is 1. The molecule has 0 amide bonds. The topological polar surface area (TPSA) is 20.2 Å². The van der Waals surface area contributed by atoms with E-state index in [1.54, 1.807) is 0 Å². The largest absolute Gasteiger partial charge is 0.393 e. The van der Waals surface area contributed by atoms with Gasteiger partial charge in [0.2, 0.25) is 0 Å². The van der Waals surface area contributed by atoms with E-state index in [0.717, 1.165) is 5.75 Å². The highest BCUT2D eigenvalue weighted by Gasteiger charge is 2.19. The quantitative estimate of drug-likeness (QED) is 0.577. The van der Waals surface area contributed by atoms with Crippen molar-refractivity contribution in [3.63, 3.8) is 0 Å². The van der Waals surface area contributed by atoms with Crippen LogP contribution in [0, 0.1) is 5.92 Å². The van der Waals surface area contributed by atoms with Crippen LogP contribution in [0.25, 0.3) is 0 Å². The van der Waals surface area contributed by atoms with Gasteiger partial charge in [-0.3, -0.25) is 0 Å². The Balaban J connectivity index is 2.24. The molecule has 0 aromatic rings. The van der Waals surface area contributed by atoms with Crippen LogP contribution in [0.5, 0.6) is 0 Å². The second kappa shape index (κ2) is 2.74. The van der Waals surface area contributed by atoms with Crippen molar-refractivity contribution < 1.29 is 5.11 Å². The molecule has 1 rings (SSSR count). The third-order valence-electron chi connectivity index (χ3n) is 1.65. The lowest BCUT2D eigenvalue weighted by Gasteiger charge is -2.09. The molecular formula is C6H12OS. The average Bonchev–Trinajstić information content (AvgIpc) is 2.12. The maximum absolute atomic E-state index is 9.04. The molecular weight excluding hydrogens is 120 g/mol. The molecule has 0 saturated carbocycles. The summed E-state index contributed by atoms with van der Waals surface area (Å²) < 4.78 is 0. The molecule has 1 nitrogen and oxygen atoms in total. The predicted molar refractivity (Wildman–Crippen MR) is 37.1 cm³/mol. The highest BCUT2D eigenvalue weighted by atomic mass is 32.2. The highest BCUT2D eigenvalue weighted by molar-refractivity contribution is 7.99. The fourth-order valence-corrected chi connectivity index (χ4v) is 2.32. The van der Waals surface area contributed by atoms with E-state index in [2.05, 4.69) is 0 Å². The zero-order valence-electron chi connectivity index (χ0n) is 5.13. The van der Waals surface area contributed by atoms with Crippen molar-refractivity contribution >= 4 is 11.8 Å². The molecule has 2 atom stereocenters. The van der Waals surface area contributed by atoms with Crippen molar-refractivity contribution in [3.05, 3.63) is 0 Å². The summed E-state index contributed by atoms with van der Waals surface area (Å²) in [5, 5.41) is 9.04. The summed E-state index contributed by atoms with van der Waals surface area (Å²) in [7, 11) is 0. The molecule has 0 spiro atoms. The summed E-state index contributed by atoms with van der Waals surface area (Å²) in [5.41, 5.74) is 0. The second-order valence-electron chi connectivity index (χ2n) is 2.36. The Labute approximate surface area is 54.5 Å². The molecule has 8 heavy (non-hydrogen) atoms. The summed E-state index contributed by atoms with van der Waals surface area (Å²) in [5.74, 6) is 2.99. The van der Waals surface area contributed by atoms with Crippen LogP contribution in [0.2, 0.25) is 0 Å². The monoisotopic (exact) mass is 132 g/mol. The van der Waals surface area contributed by atoms with Gasteiger partial charge in [0.1, 0.15) is 0 Å². The van der Waals surface area contributed by atoms with Crippen LogP contribution < -0.4 is 0 Å². The first-order valence-corrected chi connectivity index (χ1v) is 4.22. The van der Waals surface area contributed by atoms with E-state index in [9.17, 15) is 0 Å². The van der Waals surface area contributed by atoms with Crippen LogP contribution in [-0.2, 0) is 0 Å². The Morgan fingerprint density at radius 3 is 2.75 bits per heavy atom. The maximum Gasteiger partial charge on any atom is 0.0548 e. The van der Waals surface area contributed by atoms with Crippen molar-refractivity contribution in [3.8, 4) is 0 Å². The fraction of sp³-hybridized carbons (Fsp3) is 1.00. The summed E-state index contributed by atoms with van der Waals surface area (Å²) in [4.78, 5) is 0. The van der Waals surface area contributed by atoms with Gasteiger partial charge in [-0.25, -0.2) is 0 Å². The van der Waals surface area contributed by atoms with E-state index in [0.29, 0.717) is 5.92 Å². The molecule has 2 heteroatoms. The van der Waals surface area contributed by atoms with Crippen molar-refractivity contribution in [2.75, 3.05) is 11.5 Å². The molecule has 0 aromatic carbocycles. The van der Waals surface area contributed by atoms with E-state index in [1.165, 1.54) is 12.2 Å². The summed E-state index contributed by atoms with van der Waals surface area (Å²) in [6, 6.07) is 0. The third-order valence-corrected chi connectivity index (χ3v) is 2.84. The first-order valence-electron chi connectivity index (χ1n) is 3.06. The Kier molecular flexibility index (Phi) is 2.20. The van der Waals surface area contributed by atoms with Crippen molar-refractivity contribution in [2.45, 2.75) is 19.4 Å². The van der Waals surface area contributed by atoms with Gasteiger partial charge in [-0.1, -0.05) is 0 Å².